The Morgan fingerprint density at radius 1 is 1.31 bits per heavy atom. The molecule has 2 aliphatic rings. The first-order valence-corrected chi connectivity index (χ1v) is 5.65. The Bertz CT molecular complexity index is 339. The number of hydrogen-bond acceptors (Lipinski definition) is 4. The van der Waals surface area contributed by atoms with Crippen molar-refractivity contribution in [3.8, 4) is 0 Å². The molecule has 2 atom stereocenters. The highest BCUT2D eigenvalue weighted by molar-refractivity contribution is 5.98. The zero-order valence-electron chi connectivity index (χ0n) is 9.27. The first-order chi connectivity index (χ1) is 7.59. The average Bonchev–Trinajstić information content (AvgIpc) is 2.24. The molecule has 2 amide bonds. The molecule has 1 heterocycles. The van der Waals surface area contributed by atoms with E-state index in [4.69, 9.17) is 0 Å². The molecule has 2 fully saturated rings. The van der Waals surface area contributed by atoms with Crippen molar-refractivity contribution in [2.24, 2.45) is 11.8 Å². The molecule has 1 aliphatic heterocycles. The average molecular weight is 225 g/mol. The zero-order chi connectivity index (χ0) is 11.7. The van der Waals surface area contributed by atoms with Crippen molar-refractivity contribution in [1.82, 2.24) is 5.06 Å². The number of carbonyl (C=O) groups is 3. The van der Waals surface area contributed by atoms with Gasteiger partial charge in [0, 0.05) is 19.3 Å². The van der Waals surface area contributed by atoms with Crippen LogP contribution in [0.2, 0.25) is 0 Å². The van der Waals surface area contributed by atoms with E-state index in [2.05, 4.69) is 4.84 Å². The molecule has 0 aromatic rings. The zero-order valence-corrected chi connectivity index (χ0v) is 9.27. The van der Waals surface area contributed by atoms with E-state index in [0.717, 1.165) is 25.7 Å². The van der Waals surface area contributed by atoms with Gasteiger partial charge in [0.05, 0.1) is 0 Å². The van der Waals surface area contributed by atoms with Crippen LogP contribution in [0.5, 0.6) is 0 Å². The maximum absolute atomic E-state index is 11.9. The number of hydroxylamine groups is 2. The van der Waals surface area contributed by atoms with Crippen molar-refractivity contribution < 1.29 is 19.2 Å². The summed E-state index contributed by atoms with van der Waals surface area (Å²) in [5.41, 5.74) is 0. The lowest BCUT2D eigenvalue weighted by atomic mass is 9.75. The smallest absolute Gasteiger partial charge is 0.330 e. The molecule has 2 unspecified atom stereocenters. The molecular formula is C11H15NO4. The lowest BCUT2D eigenvalue weighted by Gasteiger charge is -2.37. The highest BCUT2D eigenvalue weighted by atomic mass is 16.7. The Hall–Kier alpha value is -1.39. The number of hydrogen-bond donors (Lipinski definition) is 0. The summed E-state index contributed by atoms with van der Waals surface area (Å²) in [5, 5.41) is 0.662. The van der Waals surface area contributed by atoms with E-state index in [1.54, 1.807) is 0 Å². The molecule has 5 nitrogen and oxygen atoms in total. The van der Waals surface area contributed by atoms with Gasteiger partial charge in [0.25, 0.3) is 11.8 Å². The molecule has 0 spiro atoms. The van der Waals surface area contributed by atoms with Gasteiger partial charge >= 0.3 is 5.97 Å². The third-order valence-electron chi connectivity index (χ3n) is 3.31. The van der Waals surface area contributed by atoms with Gasteiger partial charge in [0.15, 0.2) is 0 Å². The van der Waals surface area contributed by atoms with Crippen molar-refractivity contribution in [3.63, 3.8) is 0 Å². The Balaban J connectivity index is 2.13. The number of amides is 2. The number of fused-ring (bicyclic) bond motifs is 1. The molecule has 0 radical (unpaired) electrons. The van der Waals surface area contributed by atoms with Crippen LogP contribution in [0.15, 0.2) is 0 Å². The minimum atomic E-state index is -0.629. The molecule has 0 aromatic heterocycles. The van der Waals surface area contributed by atoms with Crippen LogP contribution in [0.1, 0.15) is 39.0 Å². The van der Waals surface area contributed by atoms with Crippen LogP contribution in [0, 0.1) is 11.8 Å². The first-order valence-electron chi connectivity index (χ1n) is 5.65. The number of imide groups is 1. The van der Waals surface area contributed by atoms with E-state index in [9.17, 15) is 14.4 Å². The Morgan fingerprint density at radius 2 is 2.00 bits per heavy atom. The third kappa shape index (κ3) is 1.94. The summed E-state index contributed by atoms with van der Waals surface area (Å²) in [6.45, 7) is 1.19. The molecule has 1 aliphatic carbocycles. The van der Waals surface area contributed by atoms with E-state index in [1.807, 2.05) is 0 Å². The molecule has 0 N–H and O–H groups in total. The molecule has 16 heavy (non-hydrogen) atoms. The molecule has 1 saturated carbocycles. The van der Waals surface area contributed by atoms with Gasteiger partial charge in [-0.1, -0.05) is 12.8 Å². The van der Waals surface area contributed by atoms with E-state index < -0.39 is 5.97 Å². The topological polar surface area (TPSA) is 63.7 Å². The molecular weight excluding hydrogens is 210 g/mol. The largest absolute Gasteiger partial charge is 0.331 e. The van der Waals surface area contributed by atoms with Crippen LogP contribution in [-0.2, 0) is 19.2 Å². The fraction of sp³-hybridized carbons (Fsp3) is 0.727. The van der Waals surface area contributed by atoms with Gasteiger partial charge in [0.1, 0.15) is 0 Å². The third-order valence-corrected chi connectivity index (χ3v) is 3.31. The second kappa shape index (κ2) is 4.23. The Labute approximate surface area is 93.7 Å². The predicted molar refractivity (Wildman–Crippen MR) is 53.7 cm³/mol. The van der Waals surface area contributed by atoms with Gasteiger partial charge in [0.2, 0.25) is 0 Å². The van der Waals surface area contributed by atoms with Crippen molar-refractivity contribution in [3.05, 3.63) is 0 Å². The summed E-state index contributed by atoms with van der Waals surface area (Å²) in [6, 6.07) is 0. The lowest BCUT2D eigenvalue weighted by molar-refractivity contribution is -0.210. The standard InChI is InChI=1S/C11H15NO4/c1-7(13)16-12-10(14)6-8-4-2-3-5-9(8)11(12)15/h8-9H,2-6H2,1H3. The predicted octanol–water partition coefficient (Wildman–Crippen LogP) is 1.03. The van der Waals surface area contributed by atoms with Crippen LogP contribution in [0.4, 0.5) is 0 Å². The first kappa shape index (κ1) is 11.1. The van der Waals surface area contributed by atoms with E-state index in [-0.39, 0.29) is 23.7 Å². The molecule has 1 saturated heterocycles. The molecule has 88 valence electrons. The number of nitrogens with zero attached hydrogens (tertiary/aromatic N) is 1. The Kier molecular flexibility index (Phi) is 2.94. The fourth-order valence-electron chi connectivity index (χ4n) is 2.58. The minimum Gasteiger partial charge on any atom is -0.331 e. The normalized spacial score (nSPS) is 29.9. The van der Waals surface area contributed by atoms with Crippen molar-refractivity contribution in [2.75, 3.05) is 0 Å². The van der Waals surface area contributed by atoms with Crippen LogP contribution in [0.25, 0.3) is 0 Å². The molecule has 0 bridgehead atoms. The number of carbonyl (C=O) groups excluding carboxylic acids is 3. The summed E-state index contributed by atoms with van der Waals surface area (Å²) >= 11 is 0. The minimum absolute atomic E-state index is 0.134. The quantitative estimate of drug-likeness (QED) is 0.625. The van der Waals surface area contributed by atoms with Gasteiger partial charge < -0.3 is 4.84 Å². The van der Waals surface area contributed by atoms with E-state index in [0.29, 0.717) is 11.5 Å². The van der Waals surface area contributed by atoms with Crippen LogP contribution in [0.3, 0.4) is 0 Å². The SMILES string of the molecule is CC(=O)ON1C(=O)CC2CCCCC2C1=O. The lowest BCUT2D eigenvalue weighted by Crippen LogP contribution is -2.50. The van der Waals surface area contributed by atoms with Crippen LogP contribution >= 0.6 is 0 Å². The maximum atomic E-state index is 11.9. The van der Waals surface area contributed by atoms with E-state index >= 15 is 0 Å². The maximum Gasteiger partial charge on any atom is 0.330 e. The molecule has 2 rings (SSSR count). The second-order valence-corrected chi connectivity index (χ2v) is 4.46. The second-order valence-electron chi connectivity index (χ2n) is 4.46. The summed E-state index contributed by atoms with van der Waals surface area (Å²) in [7, 11) is 0. The van der Waals surface area contributed by atoms with E-state index in [1.165, 1.54) is 6.92 Å². The number of rotatable bonds is 1. The van der Waals surface area contributed by atoms with Gasteiger partial charge in [-0.3, -0.25) is 9.59 Å². The van der Waals surface area contributed by atoms with Gasteiger partial charge in [-0.2, -0.15) is 0 Å². The van der Waals surface area contributed by atoms with Gasteiger partial charge in [-0.05, 0) is 18.8 Å². The summed E-state index contributed by atoms with van der Waals surface area (Å²) in [6.07, 6.45) is 4.14. The monoisotopic (exact) mass is 225 g/mol. The summed E-state index contributed by atoms with van der Waals surface area (Å²) in [4.78, 5) is 39.0. The van der Waals surface area contributed by atoms with Crippen molar-refractivity contribution in [1.29, 1.82) is 0 Å². The van der Waals surface area contributed by atoms with Crippen LogP contribution < -0.4 is 0 Å². The Morgan fingerprint density at radius 3 is 2.69 bits per heavy atom. The van der Waals surface area contributed by atoms with Crippen molar-refractivity contribution in [2.45, 2.75) is 39.0 Å². The fourth-order valence-corrected chi connectivity index (χ4v) is 2.58. The summed E-state index contributed by atoms with van der Waals surface area (Å²) in [5.74, 6) is -1.33. The van der Waals surface area contributed by atoms with Crippen molar-refractivity contribution >= 4 is 17.8 Å². The van der Waals surface area contributed by atoms with Gasteiger partial charge in [-0.15, -0.1) is 5.06 Å². The van der Waals surface area contributed by atoms with Crippen LogP contribution in [-0.4, -0.2) is 22.8 Å². The summed E-state index contributed by atoms with van der Waals surface area (Å²) < 4.78 is 0. The molecule has 5 heteroatoms. The highest BCUT2D eigenvalue weighted by Crippen LogP contribution is 2.37. The highest BCUT2D eigenvalue weighted by Gasteiger charge is 2.43. The van der Waals surface area contributed by atoms with Gasteiger partial charge in [-0.25, -0.2) is 4.79 Å². The molecule has 0 aromatic carbocycles. The number of piperidine rings is 1.